The van der Waals surface area contributed by atoms with Crippen LogP contribution in [0.4, 0.5) is 0 Å². The molecule has 19 heavy (non-hydrogen) atoms. The van der Waals surface area contributed by atoms with Gasteiger partial charge in [-0.2, -0.15) is 0 Å². The van der Waals surface area contributed by atoms with Crippen LogP contribution in [-0.4, -0.2) is 45.4 Å². The van der Waals surface area contributed by atoms with Crippen LogP contribution in [-0.2, 0) is 16.1 Å². The predicted molar refractivity (Wildman–Crippen MR) is 68.1 cm³/mol. The highest BCUT2D eigenvalue weighted by Gasteiger charge is 2.37. The molecule has 0 bridgehead atoms. The van der Waals surface area contributed by atoms with Crippen molar-refractivity contribution in [3.8, 4) is 0 Å². The van der Waals surface area contributed by atoms with E-state index in [1.807, 2.05) is 0 Å². The number of nitrogens with one attached hydrogen (secondary N) is 1. The maximum atomic E-state index is 11.8. The van der Waals surface area contributed by atoms with Crippen molar-refractivity contribution in [1.82, 2.24) is 25.5 Å². The molecule has 1 saturated heterocycles. The average Bonchev–Trinajstić information content (AvgIpc) is 2.95. The summed E-state index contributed by atoms with van der Waals surface area (Å²) < 4.78 is 7.18. The number of nitrogens with zero attached hydrogens (tertiary/aromatic N) is 4. The summed E-state index contributed by atoms with van der Waals surface area (Å²) in [6, 6.07) is 0. The summed E-state index contributed by atoms with van der Waals surface area (Å²) in [6.07, 6.45) is 2.62. The lowest BCUT2D eigenvalue weighted by atomic mass is 9.81. The van der Waals surface area contributed by atoms with Gasteiger partial charge in [0, 0.05) is 19.1 Å². The second-order valence-electron chi connectivity index (χ2n) is 6.02. The SMILES string of the molecule is CC(C)(C)[C@H]1OCC[C@@H]1CNC(=O)Cn1cnnn1. The van der Waals surface area contributed by atoms with Gasteiger partial charge >= 0.3 is 0 Å². The molecule has 1 aliphatic heterocycles. The molecule has 1 fully saturated rings. The Morgan fingerprint density at radius 3 is 2.95 bits per heavy atom. The first kappa shape index (κ1) is 13.9. The minimum absolute atomic E-state index is 0.0770. The fourth-order valence-corrected chi connectivity index (χ4v) is 2.50. The number of tetrazole rings is 1. The molecule has 1 aromatic heterocycles. The first-order valence-corrected chi connectivity index (χ1v) is 6.56. The summed E-state index contributed by atoms with van der Waals surface area (Å²) in [7, 11) is 0. The van der Waals surface area contributed by atoms with Crippen LogP contribution in [0.1, 0.15) is 27.2 Å². The zero-order valence-electron chi connectivity index (χ0n) is 11.7. The van der Waals surface area contributed by atoms with Crippen LogP contribution >= 0.6 is 0 Å². The summed E-state index contributed by atoms with van der Waals surface area (Å²) in [6.45, 7) is 8.07. The molecule has 106 valence electrons. The highest BCUT2D eigenvalue weighted by atomic mass is 16.5. The van der Waals surface area contributed by atoms with E-state index in [0.29, 0.717) is 12.5 Å². The molecule has 1 N–H and O–H groups in total. The van der Waals surface area contributed by atoms with E-state index in [2.05, 4.69) is 41.6 Å². The van der Waals surface area contributed by atoms with Gasteiger partial charge in [-0.1, -0.05) is 20.8 Å². The second-order valence-corrected chi connectivity index (χ2v) is 6.02. The van der Waals surface area contributed by atoms with E-state index < -0.39 is 0 Å². The third-order valence-corrected chi connectivity index (χ3v) is 3.33. The average molecular weight is 267 g/mol. The van der Waals surface area contributed by atoms with E-state index in [0.717, 1.165) is 13.0 Å². The molecule has 2 heterocycles. The van der Waals surface area contributed by atoms with Crippen LogP contribution in [0.15, 0.2) is 6.33 Å². The molecule has 7 heteroatoms. The van der Waals surface area contributed by atoms with Crippen molar-refractivity contribution in [1.29, 1.82) is 0 Å². The molecule has 0 unspecified atom stereocenters. The van der Waals surface area contributed by atoms with Crippen molar-refractivity contribution < 1.29 is 9.53 Å². The Hall–Kier alpha value is -1.50. The van der Waals surface area contributed by atoms with Crippen LogP contribution < -0.4 is 5.32 Å². The molecule has 0 radical (unpaired) electrons. The van der Waals surface area contributed by atoms with Crippen LogP contribution in [0.3, 0.4) is 0 Å². The van der Waals surface area contributed by atoms with Crippen LogP contribution in [0.5, 0.6) is 0 Å². The lowest BCUT2D eigenvalue weighted by Crippen LogP contribution is -2.39. The van der Waals surface area contributed by atoms with E-state index in [1.165, 1.54) is 11.0 Å². The Labute approximate surface area is 112 Å². The predicted octanol–water partition coefficient (Wildman–Crippen LogP) is 0.240. The Morgan fingerprint density at radius 1 is 1.53 bits per heavy atom. The zero-order valence-corrected chi connectivity index (χ0v) is 11.7. The summed E-state index contributed by atoms with van der Waals surface area (Å²) in [5.74, 6) is 0.296. The third kappa shape index (κ3) is 3.73. The van der Waals surface area contributed by atoms with E-state index in [-0.39, 0.29) is 24.0 Å². The molecular formula is C12H21N5O2. The van der Waals surface area contributed by atoms with Crippen molar-refractivity contribution in [2.24, 2.45) is 11.3 Å². The Bertz CT molecular complexity index is 412. The molecule has 0 aliphatic carbocycles. The van der Waals surface area contributed by atoms with Gasteiger partial charge < -0.3 is 10.1 Å². The first-order chi connectivity index (χ1) is 8.97. The highest BCUT2D eigenvalue weighted by Crippen LogP contribution is 2.34. The van der Waals surface area contributed by atoms with E-state index in [1.54, 1.807) is 0 Å². The molecule has 1 aromatic rings. The molecule has 2 rings (SSSR count). The number of carbonyl (C=O) groups is 1. The van der Waals surface area contributed by atoms with E-state index in [9.17, 15) is 4.79 Å². The summed E-state index contributed by atoms with van der Waals surface area (Å²) in [4.78, 5) is 11.8. The van der Waals surface area contributed by atoms with Crippen molar-refractivity contribution >= 4 is 5.91 Å². The lowest BCUT2D eigenvalue weighted by Gasteiger charge is -2.31. The minimum Gasteiger partial charge on any atom is -0.377 e. The molecule has 0 aromatic carbocycles. The maximum Gasteiger partial charge on any atom is 0.241 e. The van der Waals surface area contributed by atoms with Crippen molar-refractivity contribution in [2.75, 3.05) is 13.2 Å². The summed E-state index contributed by atoms with van der Waals surface area (Å²) >= 11 is 0. The Kier molecular flexibility index (Phi) is 4.14. The normalized spacial score (nSPS) is 23.5. The third-order valence-electron chi connectivity index (χ3n) is 3.33. The molecule has 7 nitrogen and oxygen atoms in total. The summed E-state index contributed by atoms with van der Waals surface area (Å²) in [5, 5.41) is 13.6. The number of hydrogen-bond acceptors (Lipinski definition) is 5. The Balaban J connectivity index is 1.80. The van der Waals surface area contributed by atoms with Crippen LogP contribution in [0.2, 0.25) is 0 Å². The van der Waals surface area contributed by atoms with Gasteiger partial charge in [0.1, 0.15) is 12.9 Å². The van der Waals surface area contributed by atoms with Crippen molar-refractivity contribution in [2.45, 2.75) is 39.8 Å². The van der Waals surface area contributed by atoms with Gasteiger partial charge in [-0.15, -0.1) is 5.10 Å². The van der Waals surface area contributed by atoms with Gasteiger partial charge in [-0.25, -0.2) is 4.68 Å². The van der Waals surface area contributed by atoms with Crippen LogP contribution in [0.25, 0.3) is 0 Å². The van der Waals surface area contributed by atoms with Gasteiger partial charge in [0.25, 0.3) is 0 Å². The molecule has 0 saturated carbocycles. The van der Waals surface area contributed by atoms with E-state index >= 15 is 0 Å². The Morgan fingerprint density at radius 2 is 2.32 bits per heavy atom. The smallest absolute Gasteiger partial charge is 0.241 e. The van der Waals surface area contributed by atoms with Crippen molar-refractivity contribution in [3.63, 3.8) is 0 Å². The molecular weight excluding hydrogens is 246 g/mol. The van der Waals surface area contributed by atoms with Gasteiger partial charge in [0.05, 0.1) is 6.10 Å². The number of amides is 1. The van der Waals surface area contributed by atoms with Gasteiger partial charge in [-0.3, -0.25) is 4.79 Å². The van der Waals surface area contributed by atoms with Gasteiger partial charge in [-0.05, 0) is 22.3 Å². The standard InChI is InChI=1S/C12H21N5O2/c1-12(2,3)11-9(4-5-19-11)6-13-10(18)7-17-8-14-15-16-17/h8-9,11H,4-7H2,1-3H3,(H,13,18)/t9-,11+/m1/s1. The van der Waals surface area contributed by atoms with Crippen molar-refractivity contribution in [3.05, 3.63) is 6.33 Å². The monoisotopic (exact) mass is 267 g/mol. The number of carbonyl (C=O) groups excluding carboxylic acids is 1. The number of hydrogen-bond donors (Lipinski definition) is 1. The summed E-state index contributed by atoms with van der Waals surface area (Å²) in [5.41, 5.74) is 0.0989. The molecule has 0 spiro atoms. The van der Waals surface area contributed by atoms with Gasteiger partial charge in [0.2, 0.25) is 5.91 Å². The fourth-order valence-electron chi connectivity index (χ4n) is 2.50. The highest BCUT2D eigenvalue weighted by molar-refractivity contribution is 5.75. The quantitative estimate of drug-likeness (QED) is 0.845. The number of aromatic nitrogens is 4. The molecule has 1 amide bonds. The lowest BCUT2D eigenvalue weighted by molar-refractivity contribution is -0.122. The largest absolute Gasteiger partial charge is 0.377 e. The zero-order chi connectivity index (χ0) is 13.9. The molecule has 1 aliphatic rings. The first-order valence-electron chi connectivity index (χ1n) is 6.56. The second kappa shape index (κ2) is 5.64. The van der Waals surface area contributed by atoms with E-state index in [4.69, 9.17) is 4.74 Å². The van der Waals surface area contributed by atoms with Gasteiger partial charge in [0.15, 0.2) is 0 Å². The number of rotatable bonds is 4. The van der Waals surface area contributed by atoms with Crippen LogP contribution in [0, 0.1) is 11.3 Å². The topological polar surface area (TPSA) is 81.9 Å². The molecule has 2 atom stereocenters. The fraction of sp³-hybridized carbons (Fsp3) is 0.833. The minimum atomic E-state index is -0.0770. The maximum absolute atomic E-state index is 11.8. The number of ether oxygens (including phenoxy) is 1.